The molecule has 0 atom stereocenters. The lowest BCUT2D eigenvalue weighted by Gasteiger charge is -2.30. The van der Waals surface area contributed by atoms with Crippen molar-refractivity contribution < 1.29 is 27.2 Å². The van der Waals surface area contributed by atoms with E-state index in [1.807, 2.05) is 30.3 Å². The maximum atomic E-state index is 13.3. The van der Waals surface area contributed by atoms with Gasteiger partial charge in [-0.25, -0.2) is 0 Å². The smallest absolute Gasteiger partial charge is 0.416 e. The predicted octanol–water partition coefficient (Wildman–Crippen LogP) is 5.69. The first-order valence-electron chi connectivity index (χ1n) is 10.9. The van der Waals surface area contributed by atoms with Crippen LogP contribution in [0, 0.1) is 6.92 Å². The number of amides is 2. The molecule has 0 unspecified atom stereocenters. The summed E-state index contributed by atoms with van der Waals surface area (Å²) < 4.78 is 45.0. The zero-order chi connectivity index (χ0) is 24.9. The number of halogens is 3. The Kier molecular flexibility index (Phi) is 7.81. The second kappa shape index (κ2) is 10.6. The number of hydrogen-bond donors (Lipinski definition) is 0. The Morgan fingerprint density at radius 2 is 1.65 bits per heavy atom. The lowest BCUT2D eigenvalue weighted by molar-refractivity contribution is -0.137. The van der Waals surface area contributed by atoms with E-state index in [9.17, 15) is 22.8 Å². The predicted molar refractivity (Wildman–Crippen MR) is 122 cm³/mol. The van der Waals surface area contributed by atoms with Crippen LogP contribution in [0.3, 0.4) is 0 Å². The SMILES string of the molecule is Cc1ccc(CN(Cc2ccccc2)C(=O)CN(C(=O)c2cccc(C(F)(F)F)c2)C(C)C)o1. The van der Waals surface area contributed by atoms with Crippen LogP contribution in [0.5, 0.6) is 0 Å². The van der Waals surface area contributed by atoms with Gasteiger partial charge in [-0.15, -0.1) is 0 Å². The van der Waals surface area contributed by atoms with Gasteiger partial charge in [0.2, 0.25) is 5.91 Å². The van der Waals surface area contributed by atoms with E-state index in [2.05, 4.69) is 0 Å². The Balaban J connectivity index is 1.83. The Morgan fingerprint density at radius 1 is 0.941 bits per heavy atom. The van der Waals surface area contributed by atoms with Gasteiger partial charge in [0.05, 0.1) is 12.1 Å². The van der Waals surface area contributed by atoms with Crippen molar-refractivity contribution in [1.82, 2.24) is 9.80 Å². The molecule has 0 aliphatic rings. The lowest BCUT2D eigenvalue weighted by atomic mass is 10.1. The minimum absolute atomic E-state index is 0.118. The molecule has 0 spiro atoms. The molecule has 1 heterocycles. The molecule has 0 aliphatic heterocycles. The monoisotopic (exact) mass is 472 g/mol. The molecule has 2 amide bonds. The first-order chi connectivity index (χ1) is 16.0. The van der Waals surface area contributed by atoms with Crippen molar-refractivity contribution in [3.8, 4) is 0 Å². The Hall–Kier alpha value is -3.55. The van der Waals surface area contributed by atoms with E-state index < -0.39 is 23.7 Å². The van der Waals surface area contributed by atoms with Crippen molar-refractivity contribution in [3.63, 3.8) is 0 Å². The minimum atomic E-state index is -4.57. The Bertz CT molecular complexity index is 1120. The molecule has 0 saturated carbocycles. The van der Waals surface area contributed by atoms with Gasteiger partial charge in [-0.1, -0.05) is 36.4 Å². The molecule has 8 heteroatoms. The summed E-state index contributed by atoms with van der Waals surface area (Å²) in [6.45, 7) is 5.46. The molecular formula is C26H27F3N2O3. The number of carbonyl (C=O) groups is 2. The molecule has 3 rings (SSSR count). The molecule has 3 aromatic rings. The van der Waals surface area contributed by atoms with Crippen molar-refractivity contribution in [3.05, 3.63) is 94.9 Å². The average molecular weight is 473 g/mol. The molecule has 0 radical (unpaired) electrons. The molecule has 0 N–H and O–H groups in total. The van der Waals surface area contributed by atoms with Crippen LogP contribution in [0.4, 0.5) is 13.2 Å². The molecular weight excluding hydrogens is 445 g/mol. The van der Waals surface area contributed by atoms with Crippen LogP contribution in [0.25, 0.3) is 0 Å². The number of carbonyl (C=O) groups excluding carboxylic acids is 2. The van der Waals surface area contributed by atoms with E-state index in [-0.39, 0.29) is 24.6 Å². The van der Waals surface area contributed by atoms with E-state index in [4.69, 9.17) is 4.42 Å². The summed E-state index contributed by atoms with van der Waals surface area (Å²) in [5, 5.41) is 0. The quantitative estimate of drug-likeness (QED) is 0.424. The second-order valence-corrected chi connectivity index (χ2v) is 8.35. The van der Waals surface area contributed by atoms with Crippen molar-refractivity contribution in [2.75, 3.05) is 6.54 Å². The highest BCUT2D eigenvalue weighted by Crippen LogP contribution is 2.30. The fourth-order valence-corrected chi connectivity index (χ4v) is 3.52. The van der Waals surface area contributed by atoms with E-state index in [1.165, 1.54) is 17.0 Å². The number of furan rings is 1. The van der Waals surface area contributed by atoms with Gasteiger partial charge in [0.1, 0.15) is 18.1 Å². The highest BCUT2D eigenvalue weighted by Gasteiger charge is 2.32. The van der Waals surface area contributed by atoms with Gasteiger partial charge < -0.3 is 14.2 Å². The average Bonchev–Trinajstić information content (AvgIpc) is 3.21. The molecule has 0 saturated heterocycles. The third-order valence-electron chi connectivity index (χ3n) is 5.34. The first kappa shape index (κ1) is 25.1. The third kappa shape index (κ3) is 6.50. The van der Waals surface area contributed by atoms with E-state index in [0.29, 0.717) is 18.1 Å². The number of rotatable bonds is 8. The van der Waals surface area contributed by atoms with Gasteiger partial charge in [0.15, 0.2) is 0 Å². The maximum absolute atomic E-state index is 13.3. The standard InChI is InChI=1S/C26H27F3N2O3/c1-18(2)31(25(33)21-10-7-11-22(14-21)26(27,28)29)17-24(32)30(15-20-8-5-4-6-9-20)16-23-13-12-19(3)34-23/h4-14,18H,15-17H2,1-3H3. The van der Waals surface area contributed by atoms with Crippen molar-refractivity contribution in [1.29, 1.82) is 0 Å². The van der Waals surface area contributed by atoms with Crippen molar-refractivity contribution in [2.24, 2.45) is 0 Å². The van der Waals surface area contributed by atoms with E-state index in [0.717, 1.165) is 17.7 Å². The molecule has 0 bridgehead atoms. The second-order valence-electron chi connectivity index (χ2n) is 8.35. The zero-order valence-corrected chi connectivity index (χ0v) is 19.3. The molecule has 2 aromatic carbocycles. The van der Waals surface area contributed by atoms with Gasteiger partial charge in [-0.3, -0.25) is 9.59 Å². The van der Waals surface area contributed by atoms with E-state index in [1.54, 1.807) is 37.8 Å². The van der Waals surface area contributed by atoms with Crippen LogP contribution in [-0.2, 0) is 24.1 Å². The maximum Gasteiger partial charge on any atom is 0.416 e. The largest absolute Gasteiger partial charge is 0.464 e. The molecule has 0 aliphatic carbocycles. The number of nitrogens with zero attached hydrogens (tertiary/aromatic N) is 2. The Labute approximate surface area is 196 Å². The zero-order valence-electron chi connectivity index (χ0n) is 19.3. The van der Waals surface area contributed by atoms with Crippen LogP contribution in [0.2, 0.25) is 0 Å². The lowest BCUT2D eigenvalue weighted by Crippen LogP contribution is -2.45. The third-order valence-corrected chi connectivity index (χ3v) is 5.34. The minimum Gasteiger partial charge on any atom is -0.464 e. The van der Waals surface area contributed by atoms with Gasteiger partial charge in [-0.05, 0) is 56.7 Å². The van der Waals surface area contributed by atoms with Gasteiger partial charge in [-0.2, -0.15) is 13.2 Å². The summed E-state index contributed by atoms with van der Waals surface area (Å²) in [6, 6.07) is 16.8. The van der Waals surface area contributed by atoms with Crippen LogP contribution in [0.1, 0.15) is 46.9 Å². The number of alkyl halides is 3. The van der Waals surface area contributed by atoms with Crippen LogP contribution in [-0.4, -0.2) is 34.2 Å². The highest BCUT2D eigenvalue weighted by atomic mass is 19.4. The summed E-state index contributed by atoms with van der Waals surface area (Å²) in [6.07, 6.45) is -4.57. The summed E-state index contributed by atoms with van der Waals surface area (Å²) >= 11 is 0. The van der Waals surface area contributed by atoms with Crippen molar-refractivity contribution in [2.45, 2.75) is 46.1 Å². The summed E-state index contributed by atoms with van der Waals surface area (Å²) in [5.41, 5.74) is -0.126. The van der Waals surface area contributed by atoms with Gasteiger partial charge in [0.25, 0.3) is 5.91 Å². The summed E-state index contributed by atoms with van der Waals surface area (Å²) in [4.78, 5) is 29.3. The summed E-state index contributed by atoms with van der Waals surface area (Å²) in [5.74, 6) is 0.336. The van der Waals surface area contributed by atoms with Crippen LogP contribution in [0.15, 0.2) is 71.1 Å². The normalized spacial score (nSPS) is 11.5. The topological polar surface area (TPSA) is 53.8 Å². The van der Waals surface area contributed by atoms with Gasteiger partial charge >= 0.3 is 6.18 Å². The first-order valence-corrected chi connectivity index (χ1v) is 10.9. The van der Waals surface area contributed by atoms with Crippen molar-refractivity contribution >= 4 is 11.8 Å². The molecule has 0 fully saturated rings. The fourth-order valence-electron chi connectivity index (χ4n) is 3.52. The number of benzene rings is 2. The van der Waals surface area contributed by atoms with Crippen LogP contribution < -0.4 is 0 Å². The highest BCUT2D eigenvalue weighted by molar-refractivity contribution is 5.97. The van der Waals surface area contributed by atoms with E-state index >= 15 is 0 Å². The molecule has 34 heavy (non-hydrogen) atoms. The molecule has 1 aromatic heterocycles. The molecule has 180 valence electrons. The number of hydrogen-bond acceptors (Lipinski definition) is 3. The van der Waals surface area contributed by atoms with Gasteiger partial charge in [0, 0.05) is 18.2 Å². The molecule has 5 nitrogen and oxygen atoms in total. The Morgan fingerprint density at radius 3 is 2.24 bits per heavy atom. The summed E-state index contributed by atoms with van der Waals surface area (Å²) in [7, 11) is 0. The van der Waals surface area contributed by atoms with Crippen LogP contribution >= 0.6 is 0 Å². The number of aryl methyl sites for hydroxylation is 1. The fraction of sp³-hybridized carbons (Fsp3) is 0.308.